The molecule has 33 heavy (non-hydrogen) atoms. The molecule has 0 radical (unpaired) electrons. The number of amides is 1. The van der Waals surface area contributed by atoms with Crippen molar-refractivity contribution < 1.29 is 9.53 Å². The van der Waals surface area contributed by atoms with Crippen molar-refractivity contribution in [2.45, 2.75) is 47.0 Å². The summed E-state index contributed by atoms with van der Waals surface area (Å²) in [6.07, 6.45) is 4.85. The van der Waals surface area contributed by atoms with Crippen molar-refractivity contribution in [3.8, 4) is 5.75 Å². The lowest BCUT2D eigenvalue weighted by molar-refractivity contribution is 0.102. The van der Waals surface area contributed by atoms with E-state index >= 15 is 0 Å². The summed E-state index contributed by atoms with van der Waals surface area (Å²) < 4.78 is 5.45. The van der Waals surface area contributed by atoms with E-state index in [1.165, 1.54) is 10.4 Å². The first-order chi connectivity index (χ1) is 15.8. The molecular weight excluding hydrogens is 428 g/mol. The highest BCUT2D eigenvalue weighted by Gasteiger charge is 2.33. The number of thiophene rings is 1. The molecule has 2 aromatic carbocycles. The molecule has 4 rings (SSSR count). The van der Waals surface area contributed by atoms with Gasteiger partial charge in [-0.3, -0.25) is 4.79 Å². The van der Waals surface area contributed by atoms with Gasteiger partial charge in [0.15, 0.2) is 0 Å². The Morgan fingerprint density at radius 3 is 2.64 bits per heavy atom. The predicted octanol–water partition coefficient (Wildman–Crippen LogP) is 7.22. The molecule has 1 amide bonds. The zero-order chi connectivity index (χ0) is 23.6. The zero-order valence-corrected chi connectivity index (χ0v) is 20.9. The van der Waals surface area contributed by atoms with E-state index < -0.39 is 0 Å². The lowest BCUT2D eigenvalue weighted by Crippen LogP contribution is -2.27. The van der Waals surface area contributed by atoms with Gasteiger partial charge in [-0.25, -0.2) is 4.99 Å². The Bertz CT molecular complexity index is 1170. The number of nitrogens with zero attached hydrogens (tertiary/aromatic N) is 1. The van der Waals surface area contributed by atoms with E-state index in [0.717, 1.165) is 52.4 Å². The monoisotopic (exact) mass is 460 g/mol. The van der Waals surface area contributed by atoms with Gasteiger partial charge in [-0.05, 0) is 72.4 Å². The van der Waals surface area contributed by atoms with E-state index in [1.54, 1.807) is 18.4 Å². The van der Waals surface area contributed by atoms with E-state index in [-0.39, 0.29) is 11.3 Å². The lowest BCUT2D eigenvalue weighted by Gasteiger charge is -2.33. The average molecular weight is 461 g/mol. The summed E-state index contributed by atoms with van der Waals surface area (Å²) >= 11 is 1.66. The van der Waals surface area contributed by atoms with Crippen LogP contribution in [0, 0.1) is 18.3 Å². The van der Waals surface area contributed by atoms with Crippen molar-refractivity contribution in [3.63, 3.8) is 0 Å². The second-order valence-corrected chi connectivity index (χ2v) is 10.9. The molecule has 1 heterocycles. The molecule has 0 saturated carbocycles. The molecule has 1 aliphatic rings. The number of methoxy groups -OCH3 is 1. The second kappa shape index (κ2) is 9.52. The first-order valence-corrected chi connectivity index (χ1v) is 12.3. The van der Waals surface area contributed by atoms with Gasteiger partial charge in [0.25, 0.3) is 5.91 Å². The van der Waals surface area contributed by atoms with E-state index in [0.29, 0.717) is 5.92 Å². The summed E-state index contributed by atoms with van der Waals surface area (Å²) in [5.41, 5.74) is 4.96. The van der Waals surface area contributed by atoms with Crippen molar-refractivity contribution in [1.82, 2.24) is 0 Å². The molecule has 0 saturated heterocycles. The van der Waals surface area contributed by atoms with E-state index in [9.17, 15) is 4.79 Å². The summed E-state index contributed by atoms with van der Waals surface area (Å²) in [6, 6.07) is 15.6. The maximum Gasteiger partial charge on any atom is 0.259 e. The minimum Gasteiger partial charge on any atom is -0.496 e. The number of hydrogen-bond acceptors (Lipinski definition) is 4. The number of fused-ring (bicyclic) bond motifs is 1. The first-order valence-electron chi connectivity index (χ1n) is 11.5. The van der Waals surface area contributed by atoms with Crippen LogP contribution in [0.3, 0.4) is 0 Å². The molecule has 1 aliphatic carbocycles. The van der Waals surface area contributed by atoms with Crippen molar-refractivity contribution in [2.24, 2.45) is 16.3 Å². The molecule has 0 bridgehead atoms. The Morgan fingerprint density at radius 2 is 1.94 bits per heavy atom. The van der Waals surface area contributed by atoms with Crippen LogP contribution < -0.4 is 10.1 Å². The summed E-state index contributed by atoms with van der Waals surface area (Å²) in [6.45, 7) is 8.94. The number of aryl methyl sites for hydroxylation is 1. The quantitative estimate of drug-likeness (QED) is 0.409. The minimum absolute atomic E-state index is 0.0819. The Hall–Kier alpha value is -2.92. The Kier molecular flexibility index (Phi) is 6.71. The van der Waals surface area contributed by atoms with Crippen LogP contribution in [-0.4, -0.2) is 19.2 Å². The van der Waals surface area contributed by atoms with Gasteiger partial charge in [-0.1, -0.05) is 51.1 Å². The van der Waals surface area contributed by atoms with Crippen molar-refractivity contribution in [3.05, 3.63) is 75.7 Å². The molecule has 5 heteroatoms. The Morgan fingerprint density at radius 1 is 1.18 bits per heavy atom. The van der Waals surface area contributed by atoms with Crippen LogP contribution in [-0.2, 0) is 12.8 Å². The number of carbonyl (C=O) groups is 1. The third-order valence-electron chi connectivity index (χ3n) is 6.49. The predicted molar refractivity (Wildman–Crippen MR) is 139 cm³/mol. The van der Waals surface area contributed by atoms with Crippen LogP contribution in [0.2, 0.25) is 0 Å². The van der Waals surface area contributed by atoms with Gasteiger partial charge in [-0.2, -0.15) is 0 Å². The molecule has 3 aromatic rings. The molecule has 1 aromatic heterocycles. The van der Waals surface area contributed by atoms with Crippen molar-refractivity contribution in [1.29, 1.82) is 0 Å². The van der Waals surface area contributed by atoms with Gasteiger partial charge in [0.05, 0.1) is 12.7 Å². The average Bonchev–Trinajstić information content (AvgIpc) is 3.16. The number of rotatable bonds is 5. The maximum atomic E-state index is 13.4. The molecular formula is C28H32N2O2S. The van der Waals surface area contributed by atoms with Crippen LogP contribution in [0.25, 0.3) is 0 Å². The topological polar surface area (TPSA) is 50.7 Å². The fraction of sp³-hybridized carbons (Fsp3) is 0.357. The standard InChI is InChI=1S/C28H32N2O2S/c1-18-11-12-19(15-23(18)32-5)17-29-27-25(26(31)30-21-9-7-6-8-10-21)22-14-13-20(28(2,3)4)16-24(22)33-27/h6-12,15,17,20H,13-14,16H2,1-5H3,(H,30,31)/t20-/m0/s1. The van der Waals surface area contributed by atoms with Crippen LogP contribution in [0.15, 0.2) is 53.5 Å². The van der Waals surface area contributed by atoms with Crippen LogP contribution in [0.4, 0.5) is 10.7 Å². The fourth-order valence-corrected chi connectivity index (χ4v) is 5.67. The Balaban J connectivity index is 1.71. The minimum atomic E-state index is -0.0819. The summed E-state index contributed by atoms with van der Waals surface area (Å²) in [4.78, 5) is 19.5. The SMILES string of the molecule is COc1cc(C=Nc2sc3c(c2C(=O)Nc2ccccc2)CC[C@H](C(C)(C)C)C3)ccc1C. The molecule has 0 aliphatic heterocycles. The maximum absolute atomic E-state index is 13.4. The molecule has 1 N–H and O–H groups in total. The number of para-hydroxylation sites is 1. The van der Waals surface area contributed by atoms with E-state index in [2.05, 4.69) is 26.1 Å². The molecule has 1 atom stereocenters. The number of benzene rings is 2. The van der Waals surface area contributed by atoms with Gasteiger partial charge in [0.2, 0.25) is 0 Å². The number of ether oxygens (including phenoxy) is 1. The highest BCUT2D eigenvalue weighted by molar-refractivity contribution is 7.16. The van der Waals surface area contributed by atoms with Gasteiger partial charge in [-0.15, -0.1) is 11.3 Å². The number of anilines is 1. The van der Waals surface area contributed by atoms with Crippen molar-refractivity contribution in [2.75, 3.05) is 12.4 Å². The molecule has 0 unspecified atom stereocenters. The third kappa shape index (κ3) is 5.19. The van der Waals surface area contributed by atoms with E-state index in [1.807, 2.05) is 61.7 Å². The smallest absolute Gasteiger partial charge is 0.259 e. The molecule has 0 fully saturated rings. The first kappa shape index (κ1) is 23.2. The van der Waals surface area contributed by atoms with Gasteiger partial charge >= 0.3 is 0 Å². The highest BCUT2D eigenvalue weighted by atomic mass is 32.1. The normalized spacial score (nSPS) is 16.0. The highest BCUT2D eigenvalue weighted by Crippen LogP contribution is 2.45. The second-order valence-electron chi connectivity index (χ2n) is 9.80. The molecule has 4 nitrogen and oxygen atoms in total. The summed E-state index contributed by atoms with van der Waals surface area (Å²) in [7, 11) is 1.67. The van der Waals surface area contributed by atoms with Crippen LogP contribution in [0.5, 0.6) is 5.75 Å². The summed E-state index contributed by atoms with van der Waals surface area (Å²) in [5, 5.41) is 3.85. The zero-order valence-electron chi connectivity index (χ0n) is 20.1. The van der Waals surface area contributed by atoms with Crippen molar-refractivity contribution >= 4 is 34.1 Å². The van der Waals surface area contributed by atoms with Gasteiger partial charge in [0, 0.05) is 16.8 Å². The largest absolute Gasteiger partial charge is 0.496 e. The third-order valence-corrected chi connectivity index (χ3v) is 7.66. The van der Waals surface area contributed by atoms with Gasteiger partial charge in [0.1, 0.15) is 10.8 Å². The summed E-state index contributed by atoms with van der Waals surface area (Å²) in [5.74, 6) is 1.35. The van der Waals surface area contributed by atoms with Crippen LogP contribution >= 0.6 is 11.3 Å². The molecule has 172 valence electrons. The number of aliphatic imine (C=N–C) groups is 1. The number of carbonyl (C=O) groups excluding carboxylic acids is 1. The molecule has 0 spiro atoms. The number of nitrogens with one attached hydrogen (secondary N) is 1. The van der Waals surface area contributed by atoms with E-state index in [4.69, 9.17) is 9.73 Å². The van der Waals surface area contributed by atoms with Crippen LogP contribution in [0.1, 0.15) is 59.1 Å². The number of hydrogen-bond donors (Lipinski definition) is 1. The lowest BCUT2D eigenvalue weighted by atomic mass is 9.72. The van der Waals surface area contributed by atoms with Gasteiger partial charge < -0.3 is 10.1 Å². The Labute approximate surface area is 200 Å². The fourth-order valence-electron chi connectivity index (χ4n) is 4.40.